The van der Waals surface area contributed by atoms with E-state index in [1.54, 1.807) is 42.9 Å². The van der Waals surface area contributed by atoms with Crippen LogP contribution >= 0.6 is 0 Å². The third kappa shape index (κ3) is 4.63. The monoisotopic (exact) mass is 428 g/mol. The van der Waals surface area contributed by atoms with Crippen LogP contribution in [0.4, 0.5) is 10.1 Å². The van der Waals surface area contributed by atoms with Crippen LogP contribution in [-0.2, 0) is 6.54 Å². The van der Waals surface area contributed by atoms with Crippen molar-refractivity contribution in [1.82, 2.24) is 14.9 Å². The molecule has 3 rings (SSSR count). The molecule has 0 unspecified atom stereocenters. The molecule has 3 aromatic rings. The summed E-state index contributed by atoms with van der Waals surface area (Å²) in [5.41, 5.74) is 0.222. The van der Waals surface area contributed by atoms with Crippen LogP contribution in [0.2, 0.25) is 0 Å². The highest BCUT2D eigenvalue weighted by Gasteiger charge is 2.24. The van der Waals surface area contributed by atoms with Crippen molar-refractivity contribution in [2.24, 2.45) is 0 Å². The fourth-order valence-corrected chi connectivity index (χ4v) is 3.08. The number of aromatic nitrogens is 2. The number of amides is 1. The van der Waals surface area contributed by atoms with Crippen molar-refractivity contribution in [1.29, 1.82) is 0 Å². The number of rotatable bonds is 8. The molecule has 0 radical (unpaired) electrons. The second kappa shape index (κ2) is 9.24. The number of nitro groups is 1. The smallest absolute Gasteiger partial charge is 0.286 e. The first-order valence-electron chi connectivity index (χ1n) is 9.41. The van der Waals surface area contributed by atoms with Crippen molar-refractivity contribution < 1.29 is 23.6 Å². The molecule has 0 saturated heterocycles. The minimum Gasteiger partial charge on any atom is -0.493 e. The average Bonchev–Trinajstić information content (AvgIpc) is 3.17. The average molecular weight is 428 g/mol. The van der Waals surface area contributed by atoms with Crippen LogP contribution < -0.4 is 14.8 Å². The molecule has 0 aliphatic rings. The zero-order chi connectivity index (χ0) is 22.5. The zero-order valence-corrected chi connectivity index (χ0v) is 17.2. The molecule has 0 fully saturated rings. The Hall–Kier alpha value is -3.95. The van der Waals surface area contributed by atoms with Gasteiger partial charge in [0.1, 0.15) is 17.2 Å². The molecule has 31 heavy (non-hydrogen) atoms. The summed E-state index contributed by atoms with van der Waals surface area (Å²) < 4.78 is 26.7. The third-order valence-electron chi connectivity index (χ3n) is 4.57. The highest BCUT2D eigenvalue weighted by atomic mass is 19.1. The Morgan fingerprint density at radius 3 is 2.65 bits per heavy atom. The summed E-state index contributed by atoms with van der Waals surface area (Å²) in [5.74, 6) is -0.175. The highest BCUT2D eigenvalue weighted by molar-refractivity contribution is 5.99. The van der Waals surface area contributed by atoms with E-state index in [2.05, 4.69) is 10.3 Å². The summed E-state index contributed by atoms with van der Waals surface area (Å²) in [6.07, 6.45) is 3.22. The van der Waals surface area contributed by atoms with Gasteiger partial charge in [0.2, 0.25) is 0 Å². The van der Waals surface area contributed by atoms with Crippen LogP contribution in [0.15, 0.2) is 42.7 Å². The van der Waals surface area contributed by atoms with E-state index < -0.39 is 22.3 Å². The lowest BCUT2D eigenvalue weighted by Crippen LogP contribution is -2.24. The van der Waals surface area contributed by atoms with E-state index in [4.69, 9.17) is 9.47 Å². The van der Waals surface area contributed by atoms with Crippen molar-refractivity contribution in [2.75, 3.05) is 13.7 Å². The summed E-state index contributed by atoms with van der Waals surface area (Å²) in [7, 11) is 1.37. The van der Waals surface area contributed by atoms with E-state index in [0.717, 1.165) is 6.07 Å². The number of nitro benzene ring substituents is 1. The highest BCUT2D eigenvalue weighted by Crippen LogP contribution is 2.34. The first kappa shape index (κ1) is 21.8. The van der Waals surface area contributed by atoms with Crippen LogP contribution in [0.3, 0.4) is 0 Å². The predicted octanol–water partition coefficient (Wildman–Crippen LogP) is 3.57. The molecule has 0 spiro atoms. The van der Waals surface area contributed by atoms with Gasteiger partial charge in [-0.3, -0.25) is 14.9 Å². The number of carbonyl (C=O) groups is 1. The van der Waals surface area contributed by atoms with Crippen LogP contribution in [0.1, 0.15) is 28.7 Å². The molecule has 1 heterocycles. The Morgan fingerprint density at radius 1 is 1.29 bits per heavy atom. The largest absolute Gasteiger partial charge is 0.493 e. The standard InChI is InChI=1S/C21H21FN4O5/c1-4-31-20-11-18(26(28)29)15(10-19(20)30-3)21(27)24-12-14-5-6-17(16(22)9-14)25-8-7-23-13(25)2/h5-11H,4,12H2,1-3H3,(H,24,27). The van der Waals surface area contributed by atoms with Gasteiger partial charge in [-0.15, -0.1) is 0 Å². The molecule has 9 nitrogen and oxygen atoms in total. The number of nitrogens with one attached hydrogen (secondary N) is 1. The molecular formula is C21H21FN4O5. The van der Waals surface area contributed by atoms with E-state index in [-0.39, 0.29) is 30.2 Å². The maximum atomic E-state index is 14.5. The Labute approximate surface area is 177 Å². The lowest BCUT2D eigenvalue weighted by atomic mass is 10.1. The first-order valence-corrected chi connectivity index (χ1v) is 9.41. The number of methoxy groups -OCH3 is 1. The number of hydrogen-bond acceptors (Lipinski definition) is 6. The molecule has 1 amide bonds. The van der Waals surface area contributed by atoms with Gasteiger partial charge in [0, 0.05) is 25.0 Å². The molecule has 1 aromatic heterocycles. The third-order valence-corrected chi connectivity index (χ3v) is 4.57. The van der Waals surface area contributed by atoms with Gasteiger partial charge in [-0.2, -0.15) is 0 Å². The second-order valence-electron chi connectivity index (χ2n) is 6.52. The Bertz CT molecular complexity index is 1130. The first-order chi connectivity index (χ1) is 14.8. The summed E-state index contributed by atoms with van der Waals surface area (Å²) in [6, 6.07) is 6.94. The number of imidazole rings is 1. The van der Waals surface area contributed by atoms with E-state index >= 15 is 0 Å². The molecule has 0 aliphatic carbocycles. The Kier molecular flexibility index (Phi) is 6.49. The number of hydrogen-bond donors (Lipinski definition) is 1. The second-order valence-corrected chi connectivity index (χ2v) is 6.52. The van der Waals surface area contributed by atoms with Gasteiger partial charge in [0.25, 0.3) is 11.6 Å². The summed E-state index contributed by atoms with van der Waals surface area (Å²) in [6.45, 7) is 3.74. The number of ether oxygens (including phenoxy) is 2. The minimum atomic E-state index is -0.692. The zero-order valence-electron chi connectivity index (χ0n) is 17.2. The maximum absolute atomic E-state index is 14.5. The molecule has 162 valence electrons. The fourth-order valence-electron chi connectivity index (χ4n) is 3.08. The van der Waals surface area contributed by atoms with Gasteiger partial charge < -0.3 is 19.4 Å². The van der Waals surface area contributed by atoms with E-state index in [0.29, 0.717) is 17.1 Å². The molecule has 0 bridgehead atoms. The van der Waals surface area contributed by atoms with Crippen LogP contribution in [0.5, 0.6) is 11.5 Å². The van der Waals surface area contributed by atoms with Crippen LogP contribution in [0.25, 0.3) is 5.69 Å². The van der Waals surface area contributed by atoms with Crippen molar-refractivity contribution in [3.63, 3.8) is 0 Å². The SMILES string of the molecule is CCOc1cc([N+](=O)[O-])c(C(=O)NCc2ccc(-n3ccnc3C)c(F)c2)cc1OC. The minimum absolute atomic E-state index is 0.0222. The van der Waals surface area contributed by atoms with Gasteiger partial charge >= 0.3 is 0 Å². The topological polar surface area (TPSA) is 109 Å². The molecule has 0 aliphatic heterocycles. The Morgan fingerprint density at radius 2 is 2.06 bits per heavy atom. The molecule has 0 atom stereocenters. The number of halogens is 1. The number of nitrogens with zero attached hydrogens (tertiary/aromatic N) is 3. The van der Waals surface area contributed by atoms with Crippen LogP contribution in [0, 0.1) is 22.9 Å². The summed E-state index contributed by atoms with van der Waals surface area (Å²) >= 11 is 0. The number of aryl methyl sites for hydroxylation is 1. The van der Waals surface area contributed by atoms with Gasteiger partial charge in [-0.25, -0.2) is 9.37 Å². The van der Waals surface area contributed by atoms with Gasteiger partial charge in [0.15, 0.2) is 11.5 Å². The summed E-state index contributed by atoms with van der Waals surface area (Å²) in [5, 5.41) is 14.0. The predicted molar refractivity (Wildman–Crippen MR) is 110 cm³/mol. The number of benzene rings is 2. The Balaban J connectivity index is 1.81. The lowest BCUT2D eigenvalue weighted by Gasteiger charge is -2.12. The van der Waals surface area contributed by atoms with Crippen molar-refractivity contribution in [3.05, 3.63) is 75.6 Å². The van der Waals surface area contributed by atoms with Gasteiger partial charge in [0.05, 0.1) is 30.4 Å². The maximum Gasteiger partial charge on any atom is 0.286 e. The molecular weight excluding hydrogens is 407 g/mol. The lowest BCUT2D eigenvalue weighted by molar-refractivity contribution is -0.385. The molecule has 1 N–H and O–H groups in total. The van der Waals surface area contributed by atoms with E-state index in [9.17, 15) is 19.3 Å². The van der Waals surface area contributed by atoms with E-state index in [1.165, 1.54) is 19.2 Å². The molecule has 0 saturated carbocycles. The van der Waals surface area contributed by atoms with Crippen molar-refractivity contribution in [3.8, 4) is 17.2 Å². The number of carbonyl (C=O) groups excluding carboxylic acids is 1. The van der Waals surface area contributed by atoms with Crippen molar-refractivity contribution in [2.45, 2.75) is 20.4 Å². The summed E-state index contributed by atoms with van der Waals surface area (Å²) in [4.78, 5) is 27.5. The molecule has 2 aromatic carbocycles. The van der Waals surface area contributed by atoms with Gasteiger partial charge in [-0.05, 0) is 31.5 Å². The van der Waals surface area contributed by atoms with Crippen molar-refractivity contribution >= 4 is 11.6 Å². The van der Waals surface area contributed by atoms with Crippen LogP contribution in [-0.4, -0.2) is 34.1 Å². The van der Waals surface area contributed by atoms with E-state index in [1.807, 2.05) is 0 Å². The molecule has 10 heteroatoms. The van der Waals surface area contributed by atoms with Gasteiger partial charge in [-0.1, -0.05) is 6.07 Å². The fraction of sp³-hybridized carbons (Fsp3) is 0.238. The normalized spacial score (nSPS) is 10.6. The quantitative estimate of drug-likeness (QED) is 0.434.